The first-order valence-corrected chi connectivity index (χ1v) is 7.09. The molecule has 0 radical (unpaired) electrons. The number of halogens is 1. The minimum atomic E-state index is -1.32. The molecule has 0 spiro atoms. The molecule has 2 N–H and O–H groups in total. The Kier molecular flexibility index (Phi) is 5.02. The summed E-state index contributed by atoms with van der Waals surface area (Å²) >= 11 is 0. The quantitative estimate of drug-likeness (QED) is 0.636. The monoisotopic (exact) mass is 309 g/mol. The molecule has 1 aromatic rings. The maximum absolute atomic E-state index is 13.7. The van der Waals surface area contributed by atoms with E-state index in [9.17, 15) is 19.0 Å². The van der Waals surface area contributed by atoms with Gasteiger partial charge in [0.25, 0.3) is 0 Å². The van der Waals surface area contributed by atoms with Crippen molar-refractivity contribution in [3.8, 4) is 5.75 Å². The number of ether oxygens (including phenoxy) is 1. The smallest absolute Gasteiger partial charge is 0.534 e. The lowest BCUT2D eigenvalue weighted by Crippen LogP contribution is -2.53. The first kappa shape index (κ1) is 16.3. The van der Waals surface area contributed by atoms with Gasteiger partial charge in [0, 0.05) is 6.42 Å². The fourth-order valence-corrected chi connectivity index (χ4v) is 2.27. The summed E-state index contributed by atoms with van der Waals surface area (Å²) < 4.78 is 23.9. The minimum absolute atomic E-state index is 0.0730. The van der Waals surface area contributed by atoms with Crippen LogP contribution < -0.4 is 9.97 Å². The normalized spacial score (nSPS) is 16.5. The van der Waals surface area contributed by atoms with E-state index in [0.29, 0.717) is 5.56 Å². The van der Waals surface area contributed by atoms with Crippen LogP contribution in [0.15, 0.2) is 12.1 Å². The fraction of sp³-hybridized carbons (Fsp3) is 0.429. The minimum Gasteiger partial charge on any atom is -0.534 e. The van der Waals surface area contributed by atoms with E-state index in [1.807, 2.05) is 0 Å². The van der Waals surface area contributed by atoms with Gasteiger partial charge in [-0.25, -0.2) is 9.18 Å². The van der Waals surface area contributed by atoms with Gasteiger partial charge in [-0.1, -0.05) is 6.92 Å². The van der Waals surface area contributed by atoms with Crippen LogP contribution in [0.4, 0.5) is 4.39 Å². The van der Waals surface area contributed by atoms with Gasteiger partial charge in [0.15, 0.2) is 0 Å². The summed E-state index contributed by atoms with van der Waals surface area (Å²) in [6, 6.07) is 2.23. The van der Waals surface area contributed by atoms with Crippen LogP contribution in [0.25, 0.3) is 0 Å². The van der Waals surface area contributed by atoms with Crippen LogP contribution in [0.3, 0.4) is 0 Å². The Labute approximate surface area is 127 Å². The van der Waals surface area contributed by atoms with Gasteiger partial charge in [-0.2, -0.15) is 0 Å². The highest BCUT2D eigenvalue weighted by Gasteiger charge is 2.38. The molecule has 0 aromatic heterocycles. The fourth-order valence-electron chi connectivity index (χ4n) is 2.27. The van der Waals surface area contributed by atoms with Gasteiger partial charge in [0.1, 0.15) is 17.1 Å². The van der Waals surface area contributed by atoms with Crippen LogP contribution in [0.2, 0.25) is 0 Å². The zero-order chi connectivity index (χ0) is 16.3. The van der Waals surface area contributed by atoms with Crippen molar-refractivity contribution in [2.75, 3.05) is 6.61 Å². The van der Waals surface area contributed by atoms with Crippen molar-refractivity contribution in [1.82, 2.24) is 5.32 Å². The Balaban J connectivity index is 2.32. The molecular formula is C14H17BFNO5. The summed E-state index contributed by atoms with van der Waals surface area (Å²) in [7, 11) is -1.32. The number of fused-ring (bicyclic) bond motifs is 1. The Hall–Kier alpha value is -2.09. The summed E-state index contributed by atoms with van der Waals surface area (Å²) in [6.07, 6.45) is 0.416. The number of rotatable bonds is 4. The van der Waals surface area contributed by atoms with Gasteiger partial charge in [-0.05, 0) is 31.0 Å². The van der Waals surface area contributed by atoms with E-state index < -0.39 is 24.8 Å². The van der Waals surface area contributed by atoms with Crippen LogP contribution in [0, 0.1) is 5.82 Å². The number of amides is 1. The van der Waals surface area contributed by atoms with Crippen LogP contribution >= 0.6 is 0 Å². The molecule has 1 amide bonds. The largest absolute Gasteiger partial charge is 0.547 e. The number of hydrogen-bond donors (Lipinski definition) is 2. The van der Waals surface area contributed by atoms with Gasteiger partial charge >= 0.3 is 13.1 Å². The number of carbonyl (C=O) groups excluding carboxylic acids is 2. The third-order valence-corrected chi connectivity index (χ3v) is 3.32. The van der Waals surface area contributed by atoms with Crippen LogP contribution in [0.1, 0.15) is 36.2 Å². The molecule has 1 unspecified atom stereocenters. The predicted molar refractivity (Wildman–Crippen MR) is 76.9 cm³/mol. The molecular weight excluding hydrogens is 292 g/mol. The van der Waals surface area contributed by atoms with Crippen molar-refractivity contribution in [3.05, 3.63) is 29.1 Å². The first-order chi connectivity index (χ1) is 10.5. The molecule has 8 heteroatoms. The lowest BCUT2D eigenvalue weighted by Gasteiger charge is -2.29. The molecule has 1 aliphatic rings. The number of nitrogens with one attached hydrogen (secondary N) is 1. The summed E-state index contributed by atoms with van der Waals surface area (Å²) in [5, 5.41) is 12.6. The molecule has 1 aliphatic heterocycles. The Morgan fingerprint density at radius 3 is 2.86 bits per heavy atom. The number of carbonyl (C=O) groups is 2. The number of hydrogen-bond acceptors (Lipinski definition) is 5. The molecule has 0 fully saturated rings. The van der Waals surface area contributed by atoms with Crippen molar-refractivity contribution in [3.63, 3.8) is 0 Å². The third-order valence-electron chi connectivity index (χ3n) is 3.32. The molecule has 0 aliphatic carbocycles. The maximum atomic E-state index is 13.7. The van der Waals surface area contributed by atoms with Gasteiger partial charge in [0.2, 0.25) is 5.91 Å². The highest BCUT2D eigenvalue weighted by molar-refractivity contribution is 6.47. The summed E-state index contributed by atoms with van der Waals surface area (Å²) in [6.45, 7) is 3.45. The van der Waals surface area contributed by atoms with Crippen LogP contribution in [0.5, 0.6) is 5.75 Å². The van der Waals surface area contributed by atoms with Crippen LogP contribution in [-0.2, 0) is 16.0 Å². The van der Waals surface area contributed by atoms with E-state index >= 15 is 0 Å². The van der Waals surface area contributed by atoms with Crippen LogP contribution in [-0.4, -0.2) is 36.6 Å². The SMILES string of the molecule is CCOC(=O)c1cc(F)cc2c1OB(O)C(NC(=O)CC)C2. The van der Waals surface area contributed by atoms with Gasteiger partial charge in [-0.3, -0.25) is 4.79 Å². The molecule has 1 heterocycles. The Bertz CT molecular complexity index is 595. The predicted octanol–water partition coefficient (Wildman–Crippen LogP) is 0.852. The van der Waals surface area contributed by atoms with Gasteiger partial charge in [-0.15, -0.1) is 0 Å². The molecule has 0 saturated heterocycles. The van der Waals surface area contributed by atoms with E-state index in [1.54, 1.807) is 13.8 Å². The summed E-state index contributed by atoms with van der Waals surface area (Å²) in [5.74, 6) is -2.19. The lowest BCUT2D eigenvalue weighted by molar-refractivity contribution is -0.121. The Morgan fingerprint density at radius 1 is 1.50 bits per heavy atom. The maximum Gasteiger partial charge on any atom is 0.547 e. The second-order valence-electron chi connectivity index (χ2n) is 4.90. The van der Waals surface area contributed by atoms with E-state index in [1.165, 1.54) is 6.07 Å². The van der Waals surface area contributed by atoms with Gasteiger partial charge in [0.05, 0.1) is 12.5 Å². The molecule has 118 valence electrons. The van der Waals surface area contributed by atoms with Crippen molar-refractivity contribution >= 4 is 19.0 Å². The summed E-state index contributed by atoms with van der Waals surface area (Å²) in [5.41, 5.74) is 0.325. The topological polar surface area (TPSA) is 84.9 Å². The lowest BCUT2D eigenvalue weighted by atomic mass is 9.72. The third kappa shape index (κ3) is 3.38. The zero-order valence-electron chi connectivity index (χ0n) is 12.4. The standard InChI is InChI=1S/C14H17BFNO5/c1-3-12(18)17-11-6-8-5-9(16)7-10(14(19)21-4-2)13(8)22-15(11)20/h5,7,11,20H,3-4,6H2,1-2H3,(H,17,18). The second-order valence-corrected chi connectivity index (χ2v) is 4.90. The van der Waals surface area contributed by atoms with Crippen molar-refractivity contribution in [2.24, 2.45) is 0 Å². The van der Waals surface area contributed by atoms with E-state index in [4.69, 9.17) is 9.39 Å². The zero-order valence-corrected chi connectivity index (χ0v) is 12.4. The van der Waals surface area contributed by atoms with E-state index in [2.05, 4.69) is 5.32 Å². The second kappa shape index (κ2) is 6.78. The highest BCUT2D eigenvalue weighted by atomic mass is 19.1. The Morgan fingerprint density at radius 2 is 2.23 bits per heavy atom. The highest BCUT2D eigenvalue weighted by Crippen LogP contribution is 2.31. The number of benzene rings is 1. The van der Waals surface area contributed by atoms with Crippen molar-refractivity contribution in [2.45, 2.75) is 32.6 Å². The number of esters is 1. The molecule has 22 heavy (non-hydrogen) atoms. The van der Waals surface area contributed by atoms with Crippen molar-refractivity contribution in [1.29, 1.82) is 0 Å². The first-order valence-electron chi connectivity index (χ1n) is 7.09. The van der Waals surface area contributed by atoms with E-state index in [0.717, 1.165) is 6.07 Å². The summed E-state index contributed by atoms with van der Waals surface area (Å²) in [4.78, 5) is 23.3. The molecule has 0 bridgehead atoms. The molecule has 2 rings (SSSR count). The average molecular weight is 309 g/mol. The van der Waals surface area contributed by atoms with Gasteiger partial charge < -0.3 is 19.7 Å². The molecule has 1 aromatic carbocycles. The molecule has 0 saturated carbocycles. The van der Waals surface area contributed by atoms with E-state index in [-0.39, 0.29) is 36.7 Å². The van der Waals surface area contributed by atoms with Crippen molar-refractivity contribution < 1.29 is 28.4 Å². The average Bonchev–Trinajstić information content (AvgIpc) is 2.47. The molecule has 6 nitrogen and oxygen atoms in total. The molecule has 1 atom stereocenters.